The summed E-state index contributed by atoms with van der Waals surface area (Å²) in [5.74, 6) is -0.257. The Labute approximate surface area is 252 Å². The molecular weight excluding hydrogens is 568 g/mol. The van der Waals surface area contributed by atoms with Crippen LogP contribution in [0.25, 0.3) is 6.08 Å². The minimum absolute atomic E-state index is 0.0366. The SMILES string of the molecule is COC(=O)C1=C(C)N(C[C@H]2CCCO2)C(=O)/C1=C/c1ccc(CN(Cc2ccc(C)cc2)S(=O)(=O)c2ccc(C)cc2)o1. The first-order valence-electron chi connectivity index (χ1n) is 14.2. The van der Waals surface area contributed by atoms with Crippen molar-refractivity contribution >= 4 is 28.0 Å². The fourth-order valence-electron chi connectivity index (χ4n) is 5.30. The molecular formula is C33H36N2O7S. The van der Waals surface area contributed by atoms with Gasteiger partial charge in [-0.3, -0.25) is 4.79 Å². The average molecular weight is 605 g/mol. The van der Waals surface area contributed by atoms with Crippen molar-refractivity contribution < 1.29 is 31.9 Å². The number of hydrogen-bond acceptors (Lipinski definition) is 7. The molecule has 0 aliphatic carbocycles. The van der Waals surface area contributed by atoms with E-state index in [4.69, 9.17) is 13.9 Å². The van der Waals surface area contributed by atoms with Crippen LogP contribution < -0.4 is 0 Å². The van der Waals surface area contributed by atoms with Gasteiger partial charge >= 0.3 is 5.97 Å². The lowest BCUT2D eigenvalue weighted by molar-refractivity contribution is -0.136. The van der Waals surface area contributed by atoms with E-state index in [0.29, 0.717) is 30.4 Å². The summed E-state index contributed by atoms with van der Waals surface area (Å²) in [6, 6.07) is 17.8. The van der Waals surface area contributed by atoms with Crippen molar-refractivity contribution in [1.82, 2.24) is 9.21 Å². The van der Waals surface area contributed by atoms with Crippen LogP contribution in [-0.4, -0.2) is 55.9 Å². The Hall–Kier alpha value is -3.99. The van der Waals surface area contributed by atoms with Gasteiger partial charge in [0.2, 0.25) is 10.0 Å². The van der Waals surface area contributed by atoms with Crippen molar-refractivity contribution in [2.75, 3.05) is 20.3 Å². The van der Waals surface area contributed by atoms with Gasteiger partial charge in [-0.05, 0) is 69.5 Å². The Morgan fingerprint density at radius 2 is 1.67 bits per heavy atom. The molecule has 0 radical (unpaired) electrons. The molecule has 1 aromatic heterocycles. The molecule has 1 fully saturated rings. The van der Waals surface area contributed by atoms with Crippen LogP contribution in [0.1, 0.15) is 48.0 Å². The van der Waals surface area contributed by atoms with Gasteiger partial charge in [-0.15, -0.1) is 0 Å². The smallest absolute Gasteiger partial charge is 0.340 e. The van der Waals surface area contributed by atoms with Crippen LogP contribution in [0.15, 0.2) is 86.8 Å². The number of allylic oxidation sites excluding steroid dienone is 1. The van der Waals surface area contributed by atoms with Crippen molar-refractivity contribution in [3.8, 4) is 0 Å². The molecule has 5 rings (SSSR count). The summed E-state index contributed by atoms with van der Waals surface area (Å²) in [4.78, 5) is 28.0. The number of carbonyl (C=O) groups is 2. The van der Waals surface area contributed by atoms with Crippen molar-refractivity contribution in [2.24, 2.45) is 0 Å². The molecule has 10 heteroatoms. The molecule has 3 aromatic rings. The van der Waals surface area contributed by atoms with Crippen molar-refractivity contribution in [3.05, 3.63) is 106 Å². The highest BCUT2D eigenvalue weighted by Crippen LogP contribution is 2.33. The Kier molecular flexibility index (Phi) is 9.00. The highest BCUT2D eigenvalue weighted by molar-refractivity contribution is 7.89. The number of furan rings is 1. The van der Waals surface area contributed by atoms with Crippen LogP contribution >= 0.6 is 0 Å². The normalized spacial score (nSPS) is 18.3. The average Bonchev–Trinajstić information content (AvgIpc) is 3.72. The zero-order valence-electron chi connectivity index (χ0n) is 24.8. The molecule has 0 saturated carbocycles. The standard InChI is InChI=1S/C33H36N2O7S/c1-22-7-11-25(12-8-22)19-34(43(38,39)29-15-9-23(2)10-16-29)20-28-14-13-26(42-28)18-30-31(33(37)40-4)24(3)35(32(30)36)21-27-6-5-17-41-27/h7-16,18,27H,5-6,17,19-21H2,1-4H3/b30-18+/t27-/m1/s1. The molecule has 43 heavy (non-hydrogen) atoms. The van der Waals surface area contributed by atoms with Crippen molar-refractivity contribution in [3.63, 3.8) is 0 Å². The fourth-order valence-corrected chi connectivity index (χ4v) is 6.69. The van der Waals surface area contributed by atoms with E-state index in [2.05, 4.69) is 0 Å². The number of ether oxygens (including phenoxy) is 2. The van der Waals surface area contributed by atoms with E-state index in [1.165, 1.54) is 17.5 Å². The Bertz CT molecular complexity index is 1660. The van der Waals surface area contributed by atoms with E-state index >= 15 is 0 Å². The van der Waals surface area contributed by atoms with Crippen molar-refractivity contribution in [1.29, 1.82) is 0 Å². The molecule has 0 spiro atoms. The Balaban J connectivity index is 1.44. The van der Waals surface area contributed by atoms with Crippen LogP contribution in [0.5, 0.6) is 0 Å². The number of amides is 1. The maximum absolute atomic E-state index is 13.8. The van der Waals surface area contributed by atoms with E-state index < -0.39 is 16.0 Å². The number of aryl methyl sites for hydroxylation is 2. The largest absolute Gasteiger partial charge is 0.465 e. The second kappa shape index (κ2) is 12.7. The summed E-state index contributed by atoms with van der Waals surface area (Å²) < 4.78 is 45.7. The fraction of sp³-hybridized carbons (Fsp3) is 0.333. The first-order chi connectivity index (χ1) is 20.6. The van der Waals surface area contributed by atoms with Crippen LogP contribution in [0.4, 0.5) is 0 Å². The number of sulfonamides is 1. The monoisotopic (exact) mass is 604 g/mol. The molecule has 0 bridgehead atoms. The van der Waals surface area contributed by atoms with Crippen molar-refractivity contribution in [2.45, 2.75) is 57.7 Å². The summed E-state index contributed by atoms with van der Waals surface area (Å²) in [5, 5.41) is 0. The molecule has 0 unspecified atom stereocenters. The molecule has 2 aliphatic heterocycles. The van der Waals surface area contributed by atoms with Gasteiger partial charge in [-0.1, -0.05) is 47.5 Å². The Morgan fingerprint density at radius 1 is 1.00 bits per heavy atom. The van der Waals surface area contributed by atoms with E-state index in [1.807, 2.05) is 38.1 Å². The maximum Gasteiger partial charge on any atom is 0.340 e. The van der Waals surface area contributed by atoms with Crippen LogP contribution in [0, 0.1) is 13.8 Å². The topological polar surface area (TPSA) is 106 Å². The summed E-state index contributed by atoms with van der Waals surface area (Å²) in [5.41, 5.74) is 3.70. The van der Waals surface area contributed by atoms with E-state index in [-0.39, 0.29) is 41.1 Å². The molecule has 3 heterocycles. The molecule has 1 amide bonds. The van der Waals surface area contributed by atoms with Crippen LogP contribution in [-0.2, 0) is 42.2 Å². The molecule has 0 N–H and O–H groups in total. The molecule has 9 nitrogen and oxygen atoms in total. The van der Waals surface area contributed by atoms with Gasteiger partial charge in [-0.25, -0.2) is 13.2 Å². The predicted molar refractivity (Wildman–Crippen MR) is 161 cm³/mol. The van der Waals surface area contributed by atoms with Gasteiger partial charge < -0.3 is 18.8 Å². The predicted octanol–water partition coefficient (Wildman–Crippen LogP) is 5.14. The van der Waals surface area contributed by atoms with Gasteiger partial charge in [0.25, 0.3) is 5.91 Å². The summed E-state index contributed by atoms with van der Waals surface area (Å²) in [6.45, 7) is 6.69. The maximum atomic E-state index is 13.8. The number of methoxy groups -OCH3 is 1. The van der Waals surface area contributed by atoms with Gasteiger partial charge in [-0.2, -0.15) is 4.31 Å². The minimum Gasteiger partial charge on any atom is -0.465 e. The first-order valence-corrected chi connectivity index (χ1v) is 15.7. The van der Waals surface area contributed by atoms with E-state index in [1.54, 1.807) is 48.2 Å². The number of hydrogen-bond donors (Lipinski definition) is 0. The van der Waals surface area contributed by atoms with Gasteiger partial charge in [0.1, 0.15) is 11.5 Å². The lowest BCUT2D eigenvalue weighted by atomic mass is 10.1. The number of carbonyl (C=O) groups excluding carboxylic acids is 2. The van der Waals surface area contributed by atoms with Gasteiger partial charge in [0.15, 0.2) is 0 Å². The third-order valence-corrected chi connectivity index (χ3v) is 9.56. The number of rotatable bonds is 10. The highest BCUT2D eigenvalue weighted by atomic mass is 32.2. The molecule has 2 aromatic carbocycles. The highest BCUT2D eigenvalue weighted by Gasteiger charge is 2.38. The Morgan fingerprint density at radius 3 is 2.30 bits per heavy atom. The second-order valence-corrected chi connectivity index (χ2v) is 12.9. The summed E-state index contributed by atoms with van der Waals surface area (Å²) in [6.07, 6.45) is 3.19. The quantitative estimate of drug-likeness (QED) is 0.233. The lowest BCUT2D eigenvalue weighted by Crippen LogP contribution is -2.33. The second-order valence-electron chi connectivity index (χ2n) is 10.9. The van der Waals surface area contributed by atoms with Gasteiger partial charge in [0, 0.05) is 18.8 Å². The third kappa shape index (κ3) is 6.66. The van der Waals surface area contributed by atoms with Gasteiger partial charge in [0.05, 0.1) is 42.3 Å². The first kappa shape index (κ1) is 30.5. The van der Waals surface area contributed by atoms with E-state index in [0.717, 1.165) is 29.5 Å². The number of esters is 1. The summed E-state index contributed by atoms with van der Waals surface area (Å²) >= 11 is 0. The van der Waals surface area contributed by atoms with E-state index in [9.17, 15) is 18.0 Å². The summed E-state index contributed by atoms with van der Waals surface area (Å²) in [7, 11) is -2.61. The zero-order valence-corrected chi connectivity index (χ0v) is 25.6. The number of benzene rings is 2. The number of nitrogens with zero attached hydrogens (tertiary/aromatic N) is 2. The zero-order chi connectivity index (χ0) is 30.7. The van der Waals surface area contributed by atoms with Crippen LogP contribution in [0.3, 0.4) is 0 Å². The molecule has 226 valence electrons. The third-order valence-electron chi connectivity index (χ3n) is 7.75. The minimum atomic E-state index is -3.88. The van der Waals surface area contributed by atoms with Crippen LogP contribution in [0.2, 0.25) is 0 Å². The molecule has 1 saturated heterocycles. The lowest BCUT2D eigenvalue weighted by Gasteiger charge is -2.22. The molecule has 2 aliphatic rings. The molecule has 1 atom stereocenters.